The summed E-state index contributed by atoms with van der Waals surface area (Å²) in [5.41, 5.74) is 2.45. The Bertz CT molecular complexity index is 1250. The maximum atomic E-state index is 13.4. The van der Waals surface area contributed by atoms with E-state index in [1.165, 1.54) is 23.9 Å². The number of carboxylic acids is 2. The van der Waals surface area contributed by atoms with E-state index < -0.39 is 23.1 Å². The lowest BCUT2D eigenvalue weighted by Crippen LogP contribution is -2.20. The van der Waals surface area contributed by atoms with Gasteiger partial charge >= 0.3 is 11.9 Å². The quantitative estimate of drug-likeness (QED) is 0.294. The molecule has 180 valence electrons. The van der Waals surface area contributed by atoms with Crippen LogP contribution in [0.3, 0.4) is 0 Å². The van der Waals surface area contributed by atoms with Crippen molar-refractivity contribution in [3.05, 3.63) is 89.5 Å². The highest BCUT2D eigenvalue weighted by molar-refractivity contribution is 8.00. The monoisotopic (exact) mass is 492 g/mol. The van der Waals surface area contributed by atoms with Gasteiger partial charge in [-0.15, -0.1) is 11.8 Å². The minimum Gasteiger partial charge on any atom is -0.481 e. The average molecular weight is 493 g/mol. The number of aliphatic carboxylic acids is 1. The Kier molecular flexibility index (Phi) is 8.63. The van der Waals surface area contributed by atoms with Gasteiger partial charge in [0, 0.05) is 22.7 Å². The summed E-state index contributed by atoms with van der Waals surface area (Å²) >= 11 is 1.27. The number of aromatic carboxylic acids is 1. The van der Waals surface area contributed by atoms with Crippen molar-refractivity contribution in [2.24, 2.45) is 0 Å². The molecule has 3 rings (SSSR count). The van der Waals surface area contributed by atoms with E-state index in [9.17, 15) is 24.3 Å². The molecule has 9 heteroatoms. The number of anilines is 2. The summed E-state index contributed by atoms with van der Waals surface area (Å²) in [6.07, 6.45) is -0.407. The molecule has 0 heterocycles. The Morgan fingerprint density at radius 1 is 0.857 bits per heavy atom. The highest BCUT2D eigenvalue weighted by Crippen LogP contribution is 2.37. The lowest BCUT2D eigenvalue weighted by Gasteiger charge is -2.19. The maximum Gasteiger partial charge on any atom is 0.335 e. The number of aryl methyl sites for hydroxylation is 1. The van der Waals surface area contributed by atoms with E-state index >= 15 is 0 Å². The van der Waals surface area contributed by atoms with Crippen molar-refractivity contribution < 1.29 is 29.4 Å². The van der Waals surface area contributed by atoms with Crippen LogP contribution < -0.4 is 10.6 Å². The van der Waals surface area contributed by atoms with Crippen LogP contribution in [0.2, 0.25) is 0 Å². The van der Waals surface area contributed by atoms with Gasteiger partial charge in [0.1, 0.15) is 5.25 Å². The number of hydrogen-bond acceptors (Lipinski definition) is 5. The van der Waals surface area contributed by atoms with Crippen LogP contribution in [-0.2, 0) is 14.4 Å². The molecule has 3 aromatic carbocycles. The fourth-order valence-corrected chi connectivity index (χ4v) is 4.30. The van der Waals surface area contributed by atoms with Gasteiger partial charge in [0.25, 0.3) is 0 Å². The molecule has 0 fully saturated rings. The summed E-state index contributed by atoms with van der Waals surface area (Å²) in [6.45, 7) is 1.78. The minimum absolute atomic E-state index is 0.0705. The van der Waals surface area contributed by atoms with Crippen molar-refractivity contribution >= 4 is 46.9 Å². The fraction of sp³-hybridized carbons (Fsp3) is 0.154. The van der Waals surface area contributed by atoms with E-state index in [0.717, 1.165) is 11.1 Å². The van der Waals surface area contributed by atoms with Gasteiger partial charge in [-0.3, -0.25) is 14.4 Å². The predicted molar refractivity (Wildman–Crippen MR) is 134 cm³/mol. The van der Waals surface area contributed by atoms with Crippen LogP contribution in [0.1, 0.15) is 39.6 Å². The SMILES string of the molecule is Cc1ccc(C(=O)O)cc1NC(=O)C(Sc1cccc(NC(=O)CCC(=O)O)c1)c1ccccc1. The van der Waals surface area contributed by atoms with Crippen molar-refractivity contribution in [3.8, 4) is 0 Å². The van der Waals surface area contributed by atoms with Gasteiger partial charge in [0.2, 0.25) is 11.8 Å². The highest BCUT2D eigenvalue weighted by Gasteiger charge is 2.23. The van der Waals surface area contributed by atoms with Crippen LogP contribution >= 0.6 is 11.8 Å². The van der Waals surface area contributed by atoms with Gasteiger partial charge in [-0.05, 0) is 48.4 Å². The second-order valence-electron chi connectivity index (χ2n) is 7.70. The summed E-state index contributed by atoms with van der Waals surface area (Å²) in [7, 11) is 0. The molecule has 3 aromatic rings. The predicted octanol–water partition coefficient (Wildman–Crippen LogP) is 4.97. The highest BCUT2D eigenvalue weighted by atomic mass is 32.2. The first kappa shape index (κ1) is 25.5. The Hall–Kier alpha value is -4.11. The van der Waals surface area contributed by atoms with E-state index in [0.29, 0.717) is 16.3 Å². The molecule has 1 atom stereocenters. The first-order chi connectivity index (χ1) is 16.7. The van der Waals surface area contributed by atoms with Gasteiger partial charge < -0.3 is 20.8 Å². The molecule has 4 N–H and O–H groups in total. The van der Waals surface area contributed by atoms with Gasteiger partial charge in [0.05, 0.1) is 12.0 Å². The number of carboxylic acid groups (broad SMARTS) is 2. The summed E-state index contributed by atoms with van der Waals surface area (Å²) in [4.78, 5) is 48.1. The number of benzene rings is 3. The van der Waals surface area contributed by atoms with Crippen LogP contribution in [0.15, 0.2) is 77.7 Å². The molecule has 0 aliphatic carbocycles. The van der Waals surface area contributed by atoms with Crippen LogP contribution in [0.5, 0.6) is 0 Å². The van der Waals surface area contributed by atoms with E-state index in [2.05, 4.69) is 10.6 Å². The molecule has 0 saturated heterocycles. The molecule has 0 aromatic heterocycles. The van der Waals surface area contributed by atoms with Gasteiger partial charge in [0.15, 0.2) is 0 Å². The molecule has 35 heavy (non-hydrogen) atoms. The molecule has 8 nitrogen and oxygen atoms in total. The molecule has 0 bridgehead atoms. The number of rotatable bonds is 10. The molecule has 0 aliphatic rings. The second kappa shape index (κ2) is 11.8. The van der Waals surface area contributed by atoms with Crippen molar-refractivity contribution in [1.29, 1.82) is 0 Å². The Balaban J connectivity index is 1.82. The maximum absolute atomic E-state index is 13.4. The molecule has 0 aliphatic heterocycles. The topological polar surface area (TPSA) is 133 Å². The summed E-state index contributed by atoms with van der Waals surface area (Å²) in [6, 6.07) is 20.6. The number of nitrogens with one attached hydrogen (secondary N) is 2. The van der Waals surface area contributed by atoms with Gasteiger partial charge in [-0.1, -0.05) is 42.5 Å². The molecule has 0 spiro atoms. The lowest BCUT2D eigenvalue weighted by atomic mass is 10.1. The third kappa shape index (κ3) is 7.44. The molecule has 0 radical (unpaired) electrons. The van der Waals surface area contributed by atoms with Crippen molar-refractivity contribution in [3.63, 3.8) is 0 Å². The normalized spacial score (nSPS) is 11.3. The molecular weight excluding hydrogens is 468 g/mol. The van der Waals surface area contributed by atoms with E-state index in [-0.39, 0.29) is 24.3 Å². The van der Waals surface area contributed by atoms with Crippen LogP contribution in [0.4, 0.5) is 11.4 Å². The largest absolute Gasteiger partial charge is 0.481 e. The standard InChI is InChI=1S/C26H24N2O6S/c1-16-10-11-18(26(33)34)14-21(16)28-25(32)24(17-6-3-2-4-7-17)35-20-9-5-8-19(15-20)27-22(29)12-13-23(30)31/h2-11,14-15,24H,12-13H2,1H3,(H,27,29)(H,28,32)(H,30,31)(H,33,34). The fourth-order valence-electron chi connectivity index (χ4n) is 3.22. The third-order valence-corrected chi connectivity index (χ3v) is 6.27. The van der Waals surface area contributed by atoms with E-state index in [1.54, 1.807) is 37.3 Å². The number of hydrogen-bond donors (Lipinski definition) is 4. The zero-order valence-corrected chi connectivity index (χ0v) is 19.7. The Morgan fingerprint density at radius 3 is 2.29 bits per heavy atom. The summed E-state index contributed by atoms with van der Waals surface area (Å²) in [5, 5.41) is 22.9. The van der Waals surface area contributed by atoms with Crippen molar-refractivity contribution in [2.45, 2.75) is 29.9 Å². The first-order valence-electron chi connectivity index (χ1n) is 10.7. The second-order valence-corrected chi connectivity index (χ2v) is 8.88. The molecule has 1 unspecified atom stereocenters. The van der Waals surface area contributed by atoms with E-state index in [4.69, 9.17) is 5.11 Å². The summed E-state index contributed by atoms with van der Waals surface area (Å²) < 4.78 is 0. The number of amides is 2. The number of thioether (sulfide) groups is 1. The van der Waals surface area contributed by atoms with Crippen molar-refractivity contribution in [2.75, 3.05) is 10.6 Å². The van der Waals surface area contributed by atoms with Gasteiger partial charge in [-0.25, -0.2) is 4.79 Å². The van der Waals surface area contributed by atoms with Crippen LogP contribution in [0, 0.1) is 6.92 Å². The van der Waals surface area contributed by atoms with Gasteiger partial charge in [-0.2, -0.15) is 0 Å². The number of carbonyl (C=O) groups is 4. The van der Waals surface area contributed by atoms with E-state index in [1.807, 2.05) is 30.3 Å². The lowest BCUT2D eigenvalue weighted by molar-refractivity contribution is -0.138. The van der Waals surface area contributed by atoms with Crippen LogP contribution in [0.25, 0.3) is 0 Å². The molecule has 2 amide bonds. The summed E-state index contributed by atoms with van der Waals surface area (Å²) in [5.74, 6) is -2.88. The zero-order valence-electron chi connectivity index (χ0n) is 18.9. The minimum atomic E-state index is -1.09. The number of carbonyl (C=O) groups excluding carboxylic acids is 2. The average Bonchev–Trinajstić information content (AvgIpc) is 2.83. The molecule has 0 saturated carbocycles. The first-order valence-corrected chi connectivity index (χ1v) is 11.6. The molecular formula is C26H24N2O6S. The van der Waals surface area contributed by atoms with Crippen molar-refractivity contribution in [1.82, 2.24) is 0 Å². The van der Waals surface area contributed by atoms with Crippen LogP contribution in [-0.4, -0.2) is 34.0 Å². The smallest absolute Gasteiger partial charge is 0.335 e. The Labute approximate surface area is 206 Å². The zero-order chi connectivity index (χ0) is 25.4. The Morgan fingerprint density at radius 2 is 1.60 bits per heavy atom. The third-order valence-electron chi connectivity index (χ3n) is 5.02.